The van der Waals surface area contributed by atoms with Crippen molar-refractivity contribution in [2.24, 2.45) is 5.73 Å². The zero-order chi connectivity index (χ0) is 12.3. The van der Waals surface area contributed by atoms with Crippen LogP contribution in [0.2, 0.25) is 5.02 Å². The van der Waals surface area contributed by atoms with Crippen LogP contribution in [0, 0.1) is 0 Å². The number of hydrogen-bond acceptors (Lipinski definition) is 2. The average Bonchev–Trinajstić information content (AvgIpc) is 2.32. The summed E-state index contributed by atoms with van der Waals surface area (Å²) in [6, 6.07) is 5.95. The molecule has 0 aliphatic heterocycles. The van der Waals surface area contributed by atoms with Gasteiger partial charge in [0.05, 0.1) is 12.1 Å². The minimum Gasteiger partial charge on any atom is -0.495 e. The second kappa shape index (κ2) is 5.28. The highest BCUT2D eigenvalue weighted by Crippen LogP contribution is 2.31. The number of halogens is 1. The maximum Gasteiger partial charge on any atom is 0.137 e. The molecule has 17 heavy (non-hydrogen) atoms. The van der Waals surface area contributed by atoms with Gasteiger partial charge in [-0.2, -0.15) is 0 Å². The minimum absolute atomic E-state index is 0.0307. The van der Waals surface area contributed by atoms with E-state index in [1.165, 1.54) is 24.8 Å². The summed E-state index contributed by atoms with van der Waals surface area (Å²) in [5.41, 5.74) is 7.63. The van der Waals surface area contributed by atoms with Crippen molar-refractivity contribution in [3.63, 3.8) is 0 Å². The molecule has 94 valence electrons. The van der Waals surface area contributed by atoms with Crippen molar-refractivity contribution < 1.29 is 4.74 Å². The molecule has 1 aliphatic carbocycles. The van der Waals surface area contributed by atoms with Gasteiger partial charge < -0.3 is 10.5 Å². The standard InChI is InChI=1S/C14H20ClNO/c1-17-13-9-11(5-6-12(13)15)10-14(16)7-3-2-4-8-14/h5-6,9H,2-4,7-8,10,16H2,1H3. The highest BCUT2D eigenvalue weighted by molar-refractivity contribution is 6.32. The number of rotatable bonds is 3. The van der Waals surface area contributed by atoms with E-state index in [1.54, 1.807) is 7.11 Å². The van der Waals surface area contributed by atoms with Gasteiger partial charge >= 0.3 is 0 Å². The maximum absolute atomic E-state index is 6.45. The van der Waals surface area contributed by atoms with E-state index in [9.17, 15) is 0 Å². The van der Waals surface area contributed by atoms with E-state index in [4.69, 9.17) is 22.1 Å². The minimum atomic E-state index is -0.0307. The van der Waals surface area contributed by atoms with Crippen molar-refractivity contribution in [3.05, 3.63) is 28.8 Å². The summed E-state index contributed by atoms with van der Waals surface area (Å²) < 4.78 is 5.23. The SMILES string of the molecule is COc1cc(CC2(N)CCCCC2)ccc1Cl. The van der Waals surface area contributed by atoms with Gasteiger partial charge in [-0.05, 0) is 37.0 Å². The van der Waals surface area contributed by atoms with E-state index in [0.29, 0.717) is 5.02 Å². The van der Waals surface area contributed by atoms with Crippen LogP contribution in [0.4, 0.5) is 0 Å². The molecule has 2 N–H and O–H groups in total. The third-order valence-electron chi connectivity index (χ3n) is 3.62. The van der Waals surface area contributed by atoms with Crippen LogP contribution in [-0.2, 0) is 6.42 Å². The van der Waals surface area contributed by atoms with Crippen molar-refractivity contribution in [2.75, 3.05) is 7.11 Å². The van der Waals surface area contributed by atoms with Crippen LogP contribution in [0.1, 0.15) is 37.7 Å². The smallest absolute Gasteiger partial charge is 0.137 e. The summed E-state index contributed by atoms with van der Waals surface area (Å²) in [6.07, 6.45) is 6.99. The summed E-state index contributed by atoms with van der Waals surface area (Å²) in [7, 11) is 1.64. The van der Waals surface area contributed by atoms with Crippen molar-refractivity contribution in [1.29, 1.82) is 0 Å². The molecular formula is C14H20ClNO. The summed E-state index contributed by atoms with van der Waals surface area (Å²) in [4.78, 5) is 0. The molecule has 0 unspecified atom stereocenters. The largest absolute Gasteiger partial charge is 0.495 e. The van der Waals surface area contributed by atoms with Gasteiger partial charge in [-0.1, -0.05) is 36.9 Å². The third-order valence-corrected chi connectivity index (χ3v) is 3.93. The summed E-state index contributed by atoms with van der Waals surface area (Å²) >= 11 is 6.02. The van der Waals surface area contributed by atoms with Gasteiger partial charge in [-0.15, -0.1) is 0 Å². The van der Waals surface area contributed by atoms with Gasteiger partial charge in [0.15, 0.2) is 0 Å². The van der Waals surface area contributed by atoms with E-state index in [0.717, 1.165) is 25.0 Å². The Bertz CT molecular complexity index is 386. The second-order valence-corrected chi connectivity index (χ2v) is 5.48. The van der Waals surface area contributed by atoms with E-state index in [2.05, 4.69) is 0 Å². The molecule has 2 nitrogen and oxygen atoms in total. The fourth-order valence-corrected chi connectivity index (χ4v) is 2.85. The zero-order valence-electron chi connectivity index (χ0n) is 10.3. The highest BCUT2D eigenvalue weighted by Gasteiger charge is 2.27. The first kappa shape index (κ1) is 12.7. The first-order valence-electron chi connectivity index (χ1n) is 6.24. The van der Waals surface area contributed by atoms with Crippen LogP contribution in [0.3, 0.4) is 0 Å². The second-order valence-electron chi connectivity index (χ2n) is 5.07. The van der Waals surface area contributed by atoms with E-state index in [-0.39, 0.29) is 5.54 Å². The molecule has 0 radical (unpaired) electrons. The van der Waals surface area contributed by atoms with Crippen LogP contribution in [-0.4, -0.2) is 12.6 Å². The molecule has 0 atom stereocenters. The van der Waals surface area contributed by atoms with Crippen LogP contribution in [0.15, 0.2) is 18.2 Å². The van der Waals surface area contributed by atoms with Gasteiger partial charge in [0, 0.05) is 5.54 Å². The van der Waals surface area contributed by atoms with Crippen molar-refractivity contribution in [2.45, 2.75) is 44.1 Å². The topological polar surface area (TPSA) is 35.2 Å². The molecule has 1 aromatic rings. The van der Waals surface area contributed by atoms with Crippen LogP contribution >= 0.6 is 11.6 Å². The van der Waals surface area contributed by atoms with Gasteiger partial charge in [-0.25, -0.2) is 0 Å². The van der Waals surface area contributed by atoms with E-state index in [1.807, 2.05) is 18.2 Å². The number of nitrogens with two attached hydrogens (primary N) is 1. The summed E-state index contributed by atoms with van der Waals surface area (Å²) in [6.45, 7) is 0. The molecular weight excluding hydrogens is 234 g/mol. The Labute approximate surface area is 108 Å². The fourth-order valence-electron chi connectivity index (χ4n) is 2.65. The van der Waals surface area contributed by atoms with Crippen molar-refractivity contribution in [1.82, 2.24) is 0 Å². The summed E-state index contributed by atoms with van der Waals surface area (Å²) in [5.74, 6) is 0.739. The Morgan fingerprint density at radius 2 is 2.00 bits per heavy atom. The zero-order valence-corrected chi connectivity index (χ0v) is 11.1. The first-order chi connectivity index (χ1) is 8.13. The maximum atomic E-state index is 6.45. The van der Waals surface area contributed by atoms with Crippen molar-refractivity contribution >= 4 is 11.6 Å². The lowest BCUT2D eigenvalue weighted by Crippen LogP contribution is -2.43. The first-order valence-corrected chi connectivity index (χ1v) is 6.62. The fraction of sp³-hybridized carbons (Fsp3) is 0.571. The highest BCUT2D eigenvalue weighted by atomic mass is 35.5. The molecule has 0 saturated heterocycles. The van der Waals surface area contributed by atoms with Crippen LogP contribution in [0.25, 0.3) is 0 Å². The van der Waals surface area contributed by atoms with Gasteiger partial charge in [-0.3, -0.25) is 0 Å². The van der Waals surface area contributed by atoms with Gasteiger partial charge in [0.1, 0.15) is 5.75 Å². The Morgan fingerprint density at radius 1 is 1.29 bits per heavy atom. The molecule has 1 saturated carbocycles. The van der Waals surface area contributed by atoms with E-state index < -0.39 is 0 Å². The number of methoxy groups -OCH3 is 1. The lowest BCUT2D eigenvalue weighted by atomic mass is 9.78. The number of hydrogen-bond donors (Lipinski definition) is 1. The predicted molar refractivity (Wildman–Crippen MR) is 71.7 cm³/mol. The lowest BCUT2D eigenvalue weighted by Gasteiger charge is -2.33. The molecule has 3 heteroatoms. The summed E-state index contributed by atoms with van der Waals surface area (Å²) in [5, 5.41) is 0.658. The number of ether oxygens (including phenoxy) is 1. The normalized spacial score (nSPS) is 19.0. The molecule has 0 aromatic heterocycles. The molecule has 0 amide bonds. The third kappa shape index (κ3) is 3.14. The molecule has 2 rings (SSSR count). The Morgan fingerprint density at radius 3 is 2.65 bits per heavy atom. The van der Waals surface area contributed by atoms with Crippen LogP contribution < -0.4 is 10.5 Å². The monoisotopic (exact) mass is 253 g/mol. The van der Waals surface area contributed by atoms with Crippen molar-refractivity contribution in [3.8, 4) is 5.75 Å². The van der Waals surface area contributed by atoms with Crippen LogP contribution in [0.5, 0.6) is 5.75 Å². The average molecular weight is 254 g/mol. The molecule has 0 spiro atoms. The number of benzene rings is 1. The lowest BCUT2D eigenvalue weighted by molar-refractivity contribution is 0.294. The molecule has 1 aliphatic rings. The predicted octanol–water partition coefficient (Wildman–Crippen LogP) is 3.55. The molecule has 0 heterocycles. The molecule has 1 fully saturated rings. The van der Waals surface area contributed by atoms with E-state index >= 15 is 0 Å². The molecule has 1 aromatic carbocycles. The molecule has 0 bridgehead atoms. The Balaban J connectivity index is 2.12. The Hall–Kier alpha value is -0.730. The van der Waals surface area contributed by atoms with Gasteiger partial charge in [0.2, 0.25) is 0 Å². The quantitative estimate of drug-likeness (QED) is 0.894. The Kier molecular flexibility index (Phi) is 3.95. The van der Waals surface area contributed by atoms with Gasteiger partial charge in [0.25, 0.3) is 0 Å².